The molecular formula is C12H17N5O4S. The number of aromatic nitrogens is 2. The maximum Gasteiger partial charge on any atom is 0.274 e. The Bertz CT molecular complexity index is 663. The molecule has 120 valence electrons. The summed E-state index contributed by atoms with van der Waals surface area (Å²) in [5.74, 6) is -1.82. The molecule has 0 bridgehead atoms. The van der Waals surface area contributed by atoms with Crippen molar-refractivity contribution in [1.82, 2.24) is 19.2 Å². The maximum absolute atomic E-state index is 12.4. The molecule has 10 heteroatoms. The second-order valence-electron chi connectivity index (χ2n) is 5.06. The van der Waals surface area contributed by atoms with Crippen LogP contribution < -0.4 is 5.73 Å². The summed E-state index contributed by atoms with van der Waals surface area (Å²) < 4.78 is 24.6. The van der Waals surface area contributed by atoms with Gasteiger partial charge in [-0.15, -0.1) is 0 Å². The predicted octanol–water partition coefficient (Wildman–Crippen LogP) is -1.70. The number of sulfonamides is 1. The fraction of sp³-hybridized carbons (Fsp3) is 0.500. The molecule has 2 amide bonds. The van der Waals surface area contributed by atoms with Crippen molar-refractivity contribution in [2.45, 2.75) is 0 Å². The Morgan fingerprint density at radius 3 is 2.55 bits per heavy atom. The molecule has 0 radical (unpaired) electrons. The second kappa shape index (κ2) is 6.36. The molecule has 2 rings (SSSR count). The Balaban J connectivity index is 2.23. The lowest BCUT2D eigenvalue weighted by atomic mass is 10.1. The van der Waals surface area contributed by atoms with Crippen LogP contribution in [0.5, 0.6) is 0 Å². The van der Waals surface area contributed by atoms with Crippen LogP contribution in [-0.2, 0) is 14.8 Å². The first-order valence-electron chi connectivity index (χ1n) is 6.58. The highest BCUT2D eigenvalue weighted by Crippen LogP contribution is 2.14. The Labute approximate surface area is 128 Å². The molecule has 0 saturated carbocycles. The number of nitrogens with two attached hydrogens (primary N) is 1. The summed E-state index contributed by atoms with van der Waals surface area (Å²) in [6.07, 6.45) is 5.21. The van der Waals surface area contributed by atoms with Crippen molar-refractivity contribution in [2.24, 2.45) is 11.7 Å². The summed E-state index contributed by atoms with van der Waals surface area (Å²) >= 11 is 0. The molecular weight excluding hydrogens is 310 g/mol. The molecule has 1 aliphatic heterocycles. The van der Waals surface area contributed by atoms with E-state index in [9.17, 15) is 18.0 Å². The number of carbonyl (C=O) groups excluding carboxylic acids is 2. The van der Waals surface area contributed by atoms with E-state index in [2.05, 4.69) is 9.97 Å². The van der Waals surface area contributed by atoms with Gasteiger partial charge >= 0.3 is 0 Å². The third-order valence-electron chi connectivity index (χ3n) is 3.43. The minimum atomic E-state index is -3.47. The second-order valence-corrected chi connectivity index (χ2v) is 7.04. The molecule has 1 aliphatic rings. The summed E-state index contributed by atoms with van der Waals surface area (Å²) in [6, 6.07) is 0. The van der Waals surface area contributed by atoms with Gasteiger partial charge in [0.2, 0.25) is 15.9 Å². The Morgan fingerprint density at radius 2 is 2.00 bits per heavy atom. The smallest absolute Gasteiger partial charge is 0.274 e. The number of hydrogen-bond donors (Lipinski definition) is 1. The molecule has 0 aromatic carbocycles. The van der Waals surface area contributed by atoms with E-state index in [0.29, 0.717) is 0 Å². The van der Waals surface area contributed by atoms with Crippen LogP contribution in [0.4, 0.5) is 0 Å². The van der Waals surface area contributed by atoms with Gasteiger partial charge < -0.3 is 10.6 Å². The van der Waals surface area contributed by atoms with E-state index in [4.69, 9.17) is 5.73 Å². The first-order valence-corrected chi connectivity index (χ1v) is 8.43. The van der Waals surface area contributed by atoms with E-state index in [1.165, 1.54) is 23.5 Å². The van der Waals surface area contributed by atoms with Gasteiger partial charge in [-0.25, -0.2) is 13.4 Å². The van der Waals surface area contributed by atoms with Crippen LogP contribution in [0.15, 0.2) is 18.6 Å². The number of primary amides is 1. The molecule has 0 spiro atoms. The molecule has 2 N–H and O–H groups in total. The highest BCUT2D eigenvalue weighted by molar-refractivity contribution is 7.88. The topological polar surface area (TPSA) is 127 Å². The van der Waals surface area contributed by atoms with E-state index in [1.54, 1.807) is 0 Å². The van der Waals surface area contributed by atoms with Gasteiger partial charge in [-0.3, -0.25) is 14.6 Å². The molecule has 1 atom stereocenters. The molecule has 0 aliphatic carbocycles. The standard InChI is InChI=1S/C12H17N5O4S/c1-22(20,21)17-5-4-16(7-9(8-17)11(13)18)12(19)10-6-14-2-3-15-10/h2-3,6,9H,4-5,7-8H2,1H3,(H2,13,18). The lowest BCUT2D eigenvalue weighted by Gasteiger charge is -2.21. The van der Waals surface area contributed by atoms with E-state index in [0.717, 1.165) is 10.6 Å². The quantitative estimate of drug-likeness (QED) is 0.705. The summed E-state index contributed by atoms with van der Waals surface area (Å²) in [5, 5.41) is 0. The van der Waals surface area contributed by atoms with Crippen molar-refractivity contribution in [3.8, 4) is 0 Å². The number of amides is 2. The normalized spacial score (nSPS) is 20.4. The molecule has 1 unspecified atom stereocenters. The zero-order chi connectivity index (χ0) is 16.3. The van der Waals surface area contributed by atoms with Gasteiger partial charge in [0.15, 0.2) is 0 Å². The largest absolute Gasteiger partial charge is 0.369 e. The lowest BCUT2D eigenvalue weighted by molar-refractivity contribution is -0.122. The zero-order valence-corrected chi connectivity index (χ0v) is 12.9. The highest BCUT2D eigenvalue weighted by atomic mass is 32.2. The van der Waals surface area contributed by atoms with Gasteiger partial charge in [0.05, 0.1) is 18.4 Å². The van der Waals surface area contributed by atoms with Gasteiger partial charge in [0.25, 0.3) is 5.91 Å². The van der Waals surface area contributed by atoms with E-state index >= 15 is 0 Å². The van der Waals surface area contributed by atoms with Crippen LogP contribution in [0.1, 0.15) is 10.5 Å². The van der Waals surface area contributed by atoms with Crippen molar-refractivity contribution < 1.29 is 18.0 Å². The fourth-order valence-corrected chi connectivity index (χ4v) is 3.09. The maximum atomic E-state index is 12.4. The van der Waals surface area contributed by atoms with E-state index in [1.807, 2.05) is 0 Å². The number of rotatable bonds is 3. The first kappa shape index (κ1) is 16.3. The van der Waals surface area contributed by atoms with Gasteiger partial charge in [0, 0.05) is 38.6 Å². The Hall–Kier alpha value is -2.07. The summed E-state index contributed by atoms with van der Waals surface area (Å²) in [6.45, 7) is 0.288. The summed E-state index contributed by atoms with van der Waals surface area (Å²) in [5.41, 5.74) is 5.45. The molecule has 1 fully saturated rings. The van der Waals surface area contributed by atoms with Crippen LogP contribution in [0, 0.1) is 5.92 Å². The van der Waals surface area contributed by atoms with Gasteiger partial charge in [-0.1, -0.05) is 0 Å². The van der Waals surface area contributed by atoms with Crippen LogP contribution in [0.25, 0.3) is 0 Å². The summed E-state index contributed by atoms with van der Waals surface area (Å²) in [7, 11) is -3.47. The minimum absolute atomic E-state index is 0.0294. The predicted molar refractivity (Wildman–Crippen MR) is 77.0 cm³/mol. The van der Waals surface area contributed by atoms with Gasteiger partial charge in [-0.05, 0) is 0 Å². The Kier molecular flexibility index (Phi) is 4.71. The van der Waals surface area contributed by atoms with E-state index < -0.39 is 27.8 Å². The Morgan fingerprint density at radius 1 is 1.27 bits per heavy atom. The monoisotopic (exact) mass is 327 g/mol. The molecule has 1 aromatic heterocycles. The highest BCUT2D eigenvalue weighted by Gasteiger charge is 2.32. The number of hydrogen-bond acceptors (Lipinski definition) is 6. The van der Waals surface area contributed by atoms with Crippen LogP contribution in [0.2, 0.25) is 0 Å². The van der Waals surface area contributed by atoms with Gasteiger partial charge in [0.1, 0.15) is 5.69 Å². The summed E-state index contributed by atoms with van der Waals surface area (Å²) in [4.78, 5) is 33.0. The molecule has 1 saturated heterocycles. The van der Waals surface area contributed by atoms with Crippen LogP contribution in [-0.4, -0.2) is 71.8 Å². The van der Waals surface area contributed by atoms with E-state index in [-0.39, 0.29) is 31.9 Å². The van der Waals surface area contributed by atoms with Crippen molar-refractivity contribution in [2.75, 3.05) is 32.4 Å². The van der Waals surface area contributed by atoms with Crippen molar-refractivity contribution in [1.29, 1.82) is 0 Å². The molecule has 9 nitrogen and oxygen atoms in total. The first-order chi connectivity index (χ1) is 10.3. The van der Waals surface area contributed by atoms with Crippen molar-refractivity contribution in [3.05, 3.63) is 24.3 Å². The minimum Gasteiger partial charge on any atom is -0.369 e. The van der Waals surface area contributed by atoms with Crippen LogP contribution in [0.3, 0.4) is 0 Å². The third-order valence-corrected chi connectivity index (χ3v) is 4.69. The SMILES string of the molecule is CS(=O)(=O)N1CCN(C(=O)c2cnccn2)CC(C(N)=O)C1. The number of nitrogens with zero attached hydrogens (tertiary/aromatic N) is 4. The van der Waals surface area contributed by atoms with Crippen molar-refractivity contribution >= 4 is 21.8 Å². The van der Waals surface area contributed by atoms with Gasteiger partial charge in [-0.2, -0.15) is 4.31 Å². The molecule has 22 heavy (non-hydrogen) atoms. The van der Waals surface area contributed by atoms with Crippen molar-refractivity contribution in [3.63, 3.8) is 0 Å². The third kappa shape index (κ3) is 3.77. The molecule has 2 heterocycles. The lowest BCUT2D eigenvalue weighted by Crippen LogP contribution is -2.41. The van der Waals surface area contributed by atoms with Crippen LogP contribution >= 0.6 is 0 Å². The average Bonchev–Trinajstić information content (AvgIpc) is 2.70. The molecule has 1 aromatic rings. The number of carbonyl (C=O) groups is 2. The zero-order valence-electron chi connectivity index (χ0n) is 12.0. The fourth-order valence-electron chi connectivity index (χ4n) is 2.22. The average molecular weight is 327 g/mol.